The van der Waals surface area contributed by atoms with Gasteiger partial charge in [-0.1, -0.05) is 0 Å². The summed E-state index contributed by atoms with van der Waals surface area (Å²) in [6, 6.07) is 5.67. The van der Waals surface area contributed by atoms with E-state index >= 15 is 0 Å². The van der Waals surface area contributed by atoms with E-state index in [1.165, 1.54) is 0 Å². The highest BCUT2D eigenvalue weighted by molar-refractivity contribution is 5.75. The van der Waals surface area contributed by atoms with Crippen molar-refractivity contribution >= 4 is 17.1 Å². The molecule has 0 saturated carbocycles. The van der Waals surface area contributed by atoms with Crippen molar-refractivity contribution in [1.82, 2.24) is 0 Å². The molecule has 0 spiro atoms. The first-order valence-corrected chi connectivity index (χ1v) is 4.95. The Bertz CT molecular complexity index is 462. The van der Waals surface area contributed by atoms with Gasteiger partial charge in [-0.2, -0.15) is 0 Å². The molecule has 0 aromatic carbocycles. The van der Waals surface area contributed by atoms with E-state index in [-0.39, 0.29) is 5.97 Å². The predicted octanol–water partition coefficient (Wildman–Crippen LogP) is 2.96. The summed E-state index contributed by atoms with van der Waals surface area (Å²) in [7, 11) is 0. The van der Waals surface area contributed by atoms with Crippen LogP contribution >= 0.6 is 0 Å². The number of benzene rings is 1. The second-order valence-electron chi connectivity index (χ2n) is 4.70. The van der Waals surface area contributed by atoms with Crippen molar-refractivity contribution in [2.24, 2.45) is 5.41 Å². The fraction of sp³-hybridized carbons (Fsp3) is 0.417. The van der Waals surface area contributed by atoms with E-state index in [0.717, 1.165) is 16.7 Å². The van der Waals surface area contributed by atoms with Gasteiger partial charge in [0.15, 0.2) is 0 Å². The van der Waals surface area contributed by atoms with Gasteiger partial charge in [0.2, 0.25) is 0 Å². The molecule has 2 bridgehead atoms. The highest BCUT2D eigenvalue weighted by Crippen LogP contribution is 2.24. The lowest BCUT2D eigenvalue weighted by molar-refractivity contribution is -0.154. The van der Waals surface area contributed by atoms with E-state index in [4.69, 9.17) is 9.15 Å². The Morgan fingerprint density at radius 2 is 2.13 bits per heavy atom. The molecule has 3 heteroatoms. The van der Waals surface area contributed by atoms with E-state index in [0.29, 0.717) is 6.61 Å². The molecule has 0 aliphatic heterocycles. The van der Waals surface area contributed by atoms with Gasteiger partial charge in [0.25, 0.3) is 0 Å². The van der Waals surface area contributed by atoms with Gasteiger partial charge in [-0.3, -0.25) is 4.79 Å². The van der Waals surface area contributed by atoms with Crippen LogP contribution in [0.2, 0.25) is 0 Å². The average molecular weight is 206 g/mol. The van der Waals surface area contributed by atoms with Gasteiger partial charge in [-0.05, 0) is 39.0 Å². The quantitative estimate of drug-likeness (QED) is 0.709. The monoisotopic (exact) mass is 206 g/mol. The van der Waals surface area contributed by atoms with Gasteiger partial charge < -0.3 is 9.15 Å². The third-order valence-electron chi connectivity index (χ3n) is 2.23. The molecule has 0 aliphatic rings. The van der Waals surface area contributed by atoms with Crippen molar-refractivity contribution in [3.05, 3.63) is 23.8 Å². The van der Waals surface area contributed by atoms with Crippen LogP contribution in [0.1, 0.15) is 26.3 Å². The van der Waals surface area contributed by atoms with Crippen LogP contribution in [0.5, 0.6) is 0 Å². The first-order chi connectivity index (χ1) is 6.97. The van der Waals surface area contributed by atoms with Crippen LogP contribution < -0.4 is 0 Å². The number of carbonyl (C=O) groups is 1. The summed E-state index contributed by atoms with van der Waals surface area (Å²) in [5, 5.41) is 0. The maximum atomic E-state index is 11.5. The van der Waals surface area contributed by atoms with E-state index in [9.17, 15) is 4.79 Å². The van der Waals surface area contributed by atoms with E-state index in [2.05, 4.69) is 0 Å². The number of ether oxygens (including phenoxy) is 1. The molecule has 0 saturated heterocycles. The van der Waals surface area contributed by atoms with Gasteiger partial charge >= 0.3 is 5.97 Å². The predicted molar refractivity (Wildman–Crippen MR) is 56.7 cm³/mol. The minimum absolute atomic E-state index is 0.194. The summed E-state index contributed by atoms with van der Waals surface area (Å²) in [6.07, 6.45) is 0. The zero-order valence-corrected chi connectivity index (χ0v) is 9.16. The second kappa shape index (κ2) is 3.26. The Kier molecular flexibility index (Phi) is 2.18. The Labute approximate surface area is 88.4 Å². The molecular weight excluding hydrogens is 192 g/mol. The molecule has 2 aromatic rings. The van der Waals surface area contributed by atoms with Crippen molar-refractivity contribution < 1.29 is 13.9 Å². The van der Waals surface area contributed by atoms with Crippen LogP contribution in [0.4, 0.5) is 0 Å². The molecule has 0 atom stereocenters. The number of carbonyl (C=O) groups excluding carboxylic acids is 1. The molecule has 3 nitrogen and oxygen atoms in total. The third-order valence-corrected chi connectivity index (χ3v) is 2.23. The Hall–Kier alpha value is -1.51. The summed E-state index contributed by atoms with van der Waals surface area (Å²) < 4.78 is 10.5. The number of esters is 1. The summed E-state index contributed by atoms with van der Waals surface area (Å²) >= 11 is 0. The van der Waals surface area contributed by atoms with Gasteiger partial charge in [0.1, 0.15) is 17.8 Å². The number of fused-ring (bicyclic) bond motifs is 2. The lowest BCUT2D eigenvalue weighted by Crippen LogP contribution is -2.22. The minimum atomic E-state index is -0.452. The van der Waals surface area contributed by atoms with Crippen molar-refractivity contribution in [2.75, 3.05) is 0 Å². The van der Waals surface area contributed by atoms with Crippen LogP contribution in [-0.2, 0) is 16.1 Å². The normalized spacial score (nSPS) is 12.2. The third kappa shape index (κ3) is 1.96. The second-order valence-corrected chi connectivity index (χ2v) is 4.70. The summed E-state index contributed by atoms with van der Waals surface area (Å²) in [6.45, 7) is 5.80. The van der Waals surface area contributed by atoms with E-state index < -0.39 is 5.41 Å². The molecule has 0 aliphatic carbocycles. The molecule has 0 unspecified atom stereocenters. The van der Waals surface area contributed by atoms with Crippen molar-refractivity contribution in [2.45, 2.75) is 27.4 Å². The lowest BCUT2D eigenvalue weighted by atomic mass is 9.97. The van der Waals surface area contributed by atoms with Crippen LogP contribution in [0.15, 0.2) is 22.6 Å². The Morgan fingerprint density at radius 1 is 1.40 bits per heavy atom. The molecule has 0 N–H and O–H groups in total. The lowest BCUT2D eigenvalue weighted by Gasteiger charge is -2.16. The summed E-state index contributed by atoms with van der Waals surface area (Å²) in [5.41, 5.74) is 2.11. The number of hydrogen-bond donors (Lipinski definition) is 0. The summed E-state index contributed by atoms with van der Waals surface area (Å²) in [5.74, 6) is -0.194. The standard InChI is InChI=1S/C12H14O3/c1-12(2,3)11(13)14-7-8-6-9-4-5-10(8)15-9/h4-6H,7H2,1-3H3. The van der Waals surface area contributed by atoms with Crippen LogP contribution in [0.3, 0.4) is 0 Å². The van der Waals surface area contributed by atoms with Crippen LogP contribution in [0, 0.1) is 5.41 Å². The number of hydrogen-bond acceptors (Lipinski definition) is 3. The van der Waals surface area contributed by atoms with Gasteiger partial charge in [-0.15, -0.1) is 0 Å². The zero-order valence-electron chi connectivity index (χ0n) is 9.16. The maximum absolute atomic E-state index is 11.5. The molecule has 0 amide bonds. The molecule has 2 aromatic heterocycles. The summed E-state index contributed by atoms with van der Waals surface area (Å²) in [4.78, 5) is 11.5. The fourth-order valence-corrected chi connectivity index (χ4v) is 1.32. The maximum Gasteiger partial charge on any atom is 0.311 e. The van der Waals surface area contributed by atoms with Gasteiger partial charge in [0.05, 0.1) is 5.41 Å². The number of rotatable bonds is 2. The Balaban J connectivity index is 2.00. The van der Waals surface area contributed by atoms with Crippen molar-refractivity contribution in [1.29, 1.82) is 0 Å². The van der Waals surface area contributed by atoms with Crippen molar-refractivity contribution in [3.8, 4) is 0 Å². The zero-order chi connectivity index (χ0) is 11.1. The van der Waals surface area contributed by atoms with Gasteiger partial charge in [0, 0.05) is 5.56 Å². The molecular formula is C12H14O3. The van der Waals surface area contributed by atoms with Crippen molar-refractivity contribution in [3.63, 3.8) is 0 Å². The van der Waals surface area contributed by atoms with Crippen LogP contribution in [-0.4, -0.2) is 5.97 Å². The van der Waals surface area contributed by atoms with Gasteiger partial charge in [-0.25, -0.2) is 0 Å². The molecule has 2 heterocycles. The highest BCUT2D eigenvalue weighted by Gasteiger charge is 2.23. The SMILES string of the molecule is CC(C)(C)C(=O)OCc1cc2ccc1o2. The fourth-order valence-electron chi connectivity index (χ4n) is 1.32. The van der Waals surface area contributed by atoms with Crippen LogP contribution in [0.25, 0.3) is 11.2 Å². The molecule has 0 fully saturated rings. The average Bonchev–Trinajstić information content (AvgIpc) is 2.73. The number of furan rings is 2. The first-order valence-electron chi connectivity index (χ1n) is 4.95. The first kappa shape index (κ1) is 10.0. The topological polar surface area (TPSA) is 39.4 Å². The molecule has 2 rings (SSSR count). The largest absolute Gasteiger partial charge is 0.460 e. The molecule has 80 valence electrons. The minimum Gasteiger partial charge on any atom is -0.460 e. The smallest absolute Gasteiger partial charge is 0.311 e. The molecule has 0 radical (unpaired) electrons. The van der Waals surface area contributed by atoms with E-state index in [1.807, 2.05) is 39.0 Å². The highest BCUT2D eigenvalue weighted by atomic mass is 16.5. The molecule has 15 heavy (non-hydrogen) atoms. The van der Waals surface area contributed by atoms with E-state index in [1.54, 1.807) is 0 Å². The Morgan fingerprint density at radius 3 is 2.60 bits per heavy atom.